The fourth-order valence-corrected chi connectivity index (χ4v) is 1.95. The van der Waals surface area contributed by atoms with Crippen molar-refractivity contribution in [2.45, 2.75) is 4.84 Å². The van der Waals surface area contributed by atoms with Crippen molar-refractivity contribution in [3.63, 3.8) is 0 Å². The molecule has 1 aliphatic heterocycles. The summed E-state index contributed by atoms with van der Waals surface area (Å²) in [5, 5.41) is 0. The number of hydrogen-bond acceptors (Lipinski definition) is 3. The lowest BCUT2D eigenvalue weighted by molar-refractivity contribution is -0.116. The van der Waals surface area contributed by atoms with E-state index in [2.05, 4.69) is 6.58 Å². The van der Waals surface area contributed by atoms with E-state index in [0.29, 0.717) is 0 Å². The van der Waals surface area contributed by atoms with E-state index in [4.69, 9.17) is 32.7 Å². The van der Waals surface area contributed by atoms with Crippen molar-refractivity contribution in [1.82, 2.24) is 0 Å². The molecule has 0 saturated carbocycles. The molecule has 0 unspecified atom stereocenters. The van der Waals surface area contributed by atoms with Crippen molar-refractivity contribution in [2.75, 3.05) is 18.2 Å². The topological polar surface area (TPSA) is 38.8 Å². The first-order valence-corrected chi connectivity index (χ1v) is 6.32. The molecule has 0 radical (unpaired) electrons. The monoisotopic (exact) mass is 323 g/mol. The van der Waals surface area contributed by atoms with Gasteiger partial charge in [0.2, 0.25) is 18.4 Å². The minimum Gasteiger partial charge on any atom is -0.453 e. The summed E-state index contributed by atoms with van der Waals surface area (Å²) in [4.78, 5) is 11.3. The van der Waals surface area contributed by atoms with E-state index < -0.39 is 22.4 Å². The zero-order chi connectivity index (χ0) is 14.9. The summed E-state index contributed by atoms with van der Waals surface area (Å²) in [5.41, 5.74) is -0.344. The fourth-order valence-electron chi connectivity index (χ4n) is 1.72. The zero-order valence-corrected chi connectivity index (χ0v) is 11.5. The van der Waals surface area contributed by atoms with Crippen molar-refractivity contribution in [3.05, 3.63) is 30.4 Å². The highest BCUT2D eigenvalue weighted by molar-refractivity contribution is 6.54. The number of carbonyl (C=O) groups excluding carboxylic acids is 1. The second-order valence-corrected chi connectivity index (χ2v) is 4.89. The van der Waals surface area contributed by atoms with E-state index in [1.807, 2.05) is 0 Å². The Morgan fingerprint density at radius 2 is 2.15 bits per heavy atom. The van der Waals surface area contributed by atoms with Gasteiger partial charge < -0.3 is 14.4 Å². The number of halogens is 4. The summed E-state index contributed by atoms with van der Waals surface area (Å²) in [7, 11) is 0. The van der Waals surface area contributed by atoms with Crippen LogP contribution in [0.25, 0.3) is 0 Å². The largest absolute Gasteiger partial charge is 0.453 e. The SMILES string of the molecule is C=CCN(C(=O)C(Cl)Cl)c1cc2c(c(F)c1F)OCO2. The van der Waals surface area contributed by atoms with Crippen LogP contribution in [0.15, 0.2) is 18.7 Å². The summed E-state index contributed by atoms with van der Waals surface area (Å²) in [6.45, 7) is 3.12. The van der Waals surface area contributed by atoms with Crippen molar-refractivity contribution < 1.29 is 23.0 Å². The lowest BCUT2D eigenvalue weighted by Crippen LogP contribution is -2.35. The summed E-state index contributed by atoms with van der Waals surface area (Å²) >= 11 is 11.0. The molecule has 2 rings (SSSR count). The molecule has 0 aromatic heterocycles. The van der Waals surface area contributed by atoms with Crippen molar-refractivity contribution in [3.8, 4) is 11.5 Å². The van der Waals surface area contributed by atoms with E-state index in [0.717, 1.165) is 11.0 Å². The average Bonchev–Trinajstić information content (AvgIpc) is 2.88. The Hall–Kier alpha value is -1.53. The van der Waals surface area contributed by atoms with Crippen molar-refractivity contribution in [2.24, 2.45) is 0 Å². The van der Waals surface area contributed by atoms with E-state index in [1.165, 1.54) is 6.08 Å². The third kappa shape index (κ3) is 2.53. The number of carbonyl (C=O) groups is 1. The summed E-state index contributed by atoms with van der Waals surface area (Å²) in [6, 6.07) is 1.15. The highest BCUT2D eigenvalue weighted by atomic mass is 35.5. The van der Waals surface area contributed by atoms with Crippen LogP contribution >= 0.6 is 23.2 Å². The van der Waals surface area contributed by atoms with Gasteiger partial charge in [-0.15, -0.1) is 6.58 Å². The Labute approximate surface area is 123 Å². The van der Waals surface area contributed by atoms with Crippen molar-refractivity contribution in [1.29, 1.82) is 0 Å². The number of benzene rings is 1. The van der Waals surface area contributed by atoms with Crippen LogP contribution in [0.4, 0.5) is 14.5 Å². The van der Waals surface area contributed by atoms with Gasteiger partial charge in [0.15, 0.2) is 16.4 Å². The minimum absolute atomic E-state index is 0.00135. The van der Waals surface area contributed by atoms with Crippen LogP contribution in [0.3, 0.4) is 0 Å². The van der Waals surface area contributed by atoms with Crippen LogP contribution < -0.4 is 14.4 Å². The average molecular weight is 324 g/mol. The molecular formula is C12H9Cl2F2NO3. The molecule has 0 fully saturated rings. The number of hydrogen-bond donors (Lipinski definition) is 0. The van der Waals surface area contributed by atoms with E-state index in [1.54, 1.807) is 0 Å². The Bertz CT molecular complexity index is 566. The lowest BCUT2D eigenvalue weighted by atomic mass is 10.2. The maximum absolute atomic E-state index is 14.0. The highest BCUT2D eigenvalue weighted by Gasteiger charge is 2.30. The maximum atomic E-state index is 14.0. The predicted molar refractivity (Wildman–Crippen MR) is 70.5 cm³/mol. The predicted octanol–water partition coefficient (Wildman–Crippen LogP) is 3.02. The smallest absolute Gasteiger partial charge is 0.260 e. The first-order chi connectivity index (χ1) is 9.47. The van der Waals surface area contributed by atoms with Gasteiger partial charge in [0.1, 0.15) is 0 Å². The zero-order valence-electron chi connectivity index (χ0n) is 10.0. The summed E-state index contributed by atoms with van der Waals surface area (Å²) in [6.07, 6.45) is 1.33. The van der Waals surface area contributed by atoms with Crippen LogP contribution in [0.5, 0.6) is 11.5 Å². The molecule has 0 N–H and O–H groups in total. The van der Waals surface area contributed by atoms with Crippen LogP contribution in [0.1, 0.15) is 0 Å². The Morgan fingerprint density at radius 3 is 2.75 bits per heavy atom. The van der Waals surface area contributed by atoms with E-state index >= 15 is 0 Å². The Kier molecular flexibility index (Phi) is 4.35. The maximum Gasteiger partial charge on any atom is 0.260 e. The molecule has 4 nitrogen and oxygen atoms in total. The first-order valence-electron chi connectivity index (χ1n) is 5.45. The number of amides is 1. The molecule has 1 amide bonds. The quantitative estimate of drug-likeness (QED) is 0.631. The first kappa shape index (κ1) is 14.9. The fraction of sp³-hybridized carbons (Fsp3) is 0.250. The van der Waals surface area contributed by atoms with Gasteiger partial charge in [-0.3, -0.25) is 4.79 Å². The standard InChI is InChI=1S/C12H9Cl2F2NO3/c1-2-3-17(12(18)11(13)14)6-4-7-10(20-5-19-7)9(16)8(6)15/h2,4,11H,1,3,5H2. The van der Waals surface area contributed by atoms with Gasteiger partial charge in [0, 0.05) is 12.6 Å². The second-order valence-electron chi connectivity index (χ2n) is 3.80. The lowest BCUT2D eigenvalue weighted by Gasteiger charge is -2.22. The molecule has 0 bridgehead atoms. The molecule has 0 spiro atoms. The third-order valence-electron chi connectivity index (χ3n) is 2.58. The Balaban J connectivity index is 2.51. The van der Waals surface area contributed by atoms with Crippen LogP contribution in [-0.4, -0.2) is 24.1 Å². The molecule has 0 saturated heterocycles. The molecule has 1 heterocycles. The van der Waals surface area contributed by atoms with E-state index in [-0.39, 0.29) is 30.5 Å². The number of ether oxygens (including phenoxy) is 2. The van der Waals surface area contributed by atoms with Gasteiger partial charge in [-0.2, -0.15) is 4.39 Å². The summed E-state index contributed by atoms with van der Waals surface area (Å²) in [5.74, 6) is -3.62. The number of alkyl halides is 2. The Morgan fingerprint density at radius 1 is 1.45 bits per heavy atom. The van der Waals surface area contributed by atoms with Crippen LogP contribution in [0, 0.1) is 11.6 Å². The number of rotatable bonds is 4. The van der Waals surface area contributed by atoms with Gasteiger partial charge in [-0.1, -0.05) is 29.3 Å². The second kappa shape index (κ2) is 5.85. The molecule has 20 heavy (non-hydrogen) atoms. The number of anilines is 1. The third-order valence-corrected chi connectivity index (χ3v) is 2.95. The molecule has 1 aromatic rings. The number of nitrogens with zero attached hydrogens (tertiary/aromatic N) is 1. The van der Waals surface area contributed by atoms with Gasteiger partial charge in [-0.05, 0) is 0 Å². The molecule has 0 atom stereocenters. The van der Waals surface area contributed by atoms with Gasteiger partial charge in [0.25, 0.3) is 5.91 Å². The van der Waals surface area contributed by atoms with Gasteiger partial charge in [-0.25, -0.2) is 4.39 Å². The molecule has 0 aliphatic carbocycles. The van der Waals surface area contributed by atoms with Gasteiger partial charge >= 0.3 is 0 Å². The molecular weight excluding hydrogens is 315 g/mol. The molecule has 1 aliphatic rings. The molecule has 108 valence electrons. The van der Waals surface area contributed by atoms with Crippen LogP contribution in [0.2, 0.25) is 0 Å². The van der Waals surface area contributed by atoms with E-state index in [9.17, 15) is 13.6 Å². The normalized spacial score (nSPS) is 12.7. The highest BCUT2D eigenvalue weighted by Crippen LogP contribution is 2.41. The van der Waals surface area contributed by atoms with Crippen molar-refractivity contribution >= 4 is 34.8 Å². The van der Waals surface area contributed by atoms with Crippen LogP contribution in [-0.2, 0) is 4.79 Å². The molecule has 1 aromatic carbocycles. The number of fused-ring (bicyclic) bond motifs is 1. The molecule has 8 heteroatoms. The van der Waals surface area contributed by atoms with Gasteiger partial charge in [0.05, 0.1) is 5.69 Å². The minimum atomic E-state index is -1.41. The summed E-state index contributed by atoms with van der Waals surface area (Å²) < 4.78 is 37.6.